The van der Waals surface area contributed by atoms with Gasteiger partial charge in [-0.2, -0.15) is 0 Å². The van der Waals surface area contributed by atoms with Crippen LogP contribution in [0.1, 0.15) is 56.1 Å². The van der Waals surface area contributed by atoms with Crippen molar-refractivity contribution in [3.63, 3.8) is 0 Å². The summed E-state index contributed by atoms with van der Waals surface area (Å²) in [6.07, 6.45) is 1.28. The van der Waals surface area contributed by atoms with Crippen LogP contribution in [-0.4, -0.2) is 37.5 Å². The summed E-state index contributed by atoms with van der Waals surface area (Å²) < 4.78 is 16.2. The van der Waals surface area contributed by atoms with Crippen molar-refractivity contribution in [1.29, 1.82) is 0 Å². The molecular weight excluding hydrogens is 512 g/mol. The molecule has 0 spiro atoms. The number of dihydropyridines is 1. The van der Waals surface area contributed by atoms with Gasteiger partial charge in [0.15, 0.2) is 17.3 Å². The van der Waals surface area contributed by atoms with Crippen molar-refractivity contribution in [1.82, 2.24) is 5.32 Å². The summed E-state index contributed by atoms with van der Waals surface area (Å²) in [7, 11) is 3.11. The number of ketones is 1. The van der Waals surface area contributed by atoms with Crippen molar-refractivity contribution in [2.24, 2.45) is 0 Å². The van der Waals surface area contributed by atoms with E-state index in [1.165, 1.54) is 18.2 Å². The Morgan fingerprint density at radius 2 is 1.87 bits per heavy atom. The summed E-state index contributed by atoms with van der Waals surface area (Å²) in [5, 5.41) is 15.1. The van der Waals surface area contributed by atoms with Crippen molar-refractivity contribution in [2.45, 2.75) is 44.9 Å². The number of nitrogens with one attached hydrogen (secondary N) is 1. The number of ether oxygens (including phenoxy) is 3. The molecule has 38 heavy (non-hydrogen) atoms. The lowest BCUT2D eigenvalue weighted by Gasteiger charge is -2.37. The molecule has 0 saturated carbocycles. The quantitative estimate of drug-likeness (QED) is 0.262. The molecule has 0 saturated heterocycles. The molecular formula is C28H29ClN2O7. The molecule has 1 aliphatic carbocycles. The molecule has 0 unspecified atom stereocenters. The number of benzene rings is 2. The molecule has 2 aromatic carbocycles. The Hall–Kier alpha value is -3.85. The molecule has 2 aromatic rings. The third kappa shape index (κ3) is 5.11. The van der Waals surface area contributed by atoms with E-state index in [2.05, 4.69) is 5.32 Å². The molecule has 0 radical (unpaired) electrons. The summed E-state index contributed by atoms with van der Waals surface area (Å²) in [6, 6.07) is 9.60. The highest BCUT2D eigenvalue weighted by atomic mass is 35.5. The topological polar surface area (TPSA) is 117 Å². The normalized spacial score (nSPS) is 19.0. The zero-order valence-electron chi connectivity index (χ0n) is 21.6. The highest BCUT2D eigenvalue weighted by molar-refractivity contribution is 6.31. The first-order chi connectivity index (χ1) is 18.2. The van der Waals surface area contributed by atoms with Crippen molar-refractivity contribution in [3.8, 4) is 11.5 Å². The fraction of sp³-hybridized carbons (Fsp3) is 0.357. The van der Waals surface area contributed by atoms with Crippen molar-refractivity contribution in [2.75, 3.05) is 20.8 Å². The van der Waals surface area contributed by atoms with Crippen LogP contribution in [0.25, 0.3) is 0 Å². The lowest BCUT2D eigenvalue weighted by molar-refractivity contribution is -0.384. The number of carbonyl (C=O) groups excluding carboxylic acids is 2. The number of Topliss-reactive ketones (excluding diaryl/α,β-unsaturated/α-hetero) is 1. The lowest BCUT2D eigenvalue weighted by Crippen LogP contribution is -2.36. The van der Waals surface area contributed by atoms with Gasteiger partial charge in [0.25, 0.3) is 5.69 Å². The number of hydrogen-bond donors (Lipinski definition) is 1. The van der Waals surface area contributed by atoms with Crippen LogP contribution in [0.15, 0.2) is 58.9 Å². The molecule has 1 aliphatic heterocycles. The van der Waals surface area contributed by atoms with E-state index < -0.39 is 16.8 Å². The van der Waals surface area contributed by atoms with Gasteiger partial charge in [-0.25, -0.2) is 4.79 Å². The highest BCUT2D eigenvalue weighted by Gasteiger charge is 2.42. The van der Waals surface area contributed by atoms with Crippen LogP contribution >= 0.6 is 11.6 Å². The Morgan fingerprint density at radius 3 is 2.53 bits per heavy atom. The average molecular weight is 541 g/mol. The molecule has 0 fully saturated rings. The van der Waals surface area contributed by atoms with Gasteiger partial charge in [0, 0.05) is 46.5 Å². The summed E-state index contributed by atoms with van der Waals surface area (Å²) >= 11 is 6.54. The predicted molar refractivity (Wildman–Crippen MR) is 141 cm³/mol. The van der Waals surface area contributed by atoms with E-state index in [1.54, 1.807) is 27.2 Å². The number of carbonyl (C=O) groups is 2. The van der Waals surface area contributed by atoms with Gasteiger partial charge in [-0.05, 0) is 55.0 Å². The first kappa shape index (κ1) is 27.2. The second-order valence-electron chi connectivity index (χ2n) is 9.23. The second-order valence-corrected chi connectivity index (χ2v) is 9.64. The minimum Gasteiger partial charge on any atom is -0.493 e. The van der Waals surface area contributed by atoms with Gasteiger partial charge < -0.3 is 19.5 Å². The van der Waals surface area contributed by atoms with Crippen LogP contribution in [-0.2, 0) is 14.3 Å². The molecule has 200 valence electrons. The molecule has 0 bridgehead atoms. The van der Waals surface area contributed by atoms with E-state index in [9.17, 15) is 19.7 Å². The number of nitrogens with zero attached hydrogens (tertiary/aromatic N) is 1. The van der Waals surface area contributed by atoms with Crippen LogP contribution in [0, 0.1) is 10.1 Å². The molecule has 1 heterocycles. The van der Waals surface area contributed by atoms with E-state index >= 15 is 0 Å². The molecule has 2 aliphatic rings. The van der Waals surface area contributed by atoms with Gasteiger partial charge in [0.05, 0.1) is 31.3 Å². The van der Waals surface area contributed by atoms with Gasteiger partial charge in [-0.15, -0.1) is 0 Å². The average Bonchev–Trinajstić information content (AvgIpc) is 2.90. The number of methoxy groups -OCH3 is 2. The van der Waals surface area contributed by atoms with Crippen LogP contribution in [0.5, 0.6) is 11.5 Å². The maximum atomic E-state index is 13.8. The van der Waals surface area contributed by atoms with Gasteiger partial charge in [0.1, 0.15) is 0 Å². The molecule has 0 amide bonds. The summed E-state index contributed by atoms with van der Waals surface area (Å²) in [4.78, 5) is 38.0. The van der Waals surface area contributed by atoms with E-state index in [-0.39, 0.29) is 41.0 Å². The Balaban J connectivity index is 1.83. The van der Waals surface area contributed by atoms with Crippen molar-refractivity contribution < 1.29 is 28.7 Å². The molecule has 10 heteroatoms. The van der Waals surface area contributed by atoms with Crippen LogP contribution < -0.4 is 14.8 Å². The number of hydrogen-bond acceptors (Lipinski definition) is 8. The zero-order valence-corrected chi connectivity index (χ0v) is 22.4. The Labute approximate surface area is 225 Å². The minimum absolute atomic E-state index is 0.156. The molecule has 0 aromatic heterocycles. The standard InChI is InChI=1S/C28H29ClN2O7/c1-5-10-38-28(33)25-15(2)30-21-11-17(16-6-9-23(36-3)24(13-16)37-4)12-22(32)27(21)26(25)19-14-18(31(34)35)7-8-20(19)29/h6-9,13-14,17,26,30H,5,10-12H2,1-4H3/t17-,26-/m0/s1. The lowest BCUT2D eigenvalue weighted by atomic mass is 9.71. The molecule has 4 rings (SSSR count). The number of esters is 1. The maximum absolute atomic E-state index is 13.8. The number of nitro groups is 1. The summed E-state index contributed by atoms with van der Waals surface area (Å²) in [5.41, 5.74) is 2.79. The number of non-ortho nitro benzene ring substituents is 1. The van der Waals surface area contributed by atoms with E-state index in [0.29, 0.717) is 46.9 Å². The van der Waals surface area contributed by atoms with Crippen LogP contribution in [0.3, 0.4) is 0 Å². The first-order valence-electron chi connectivity index (χ1n) is 12.3. The molecule has 9 nitrogen and oxygen atoms in total. The van der Waals surface area contributed by atoms with Crippen LogP contribution in [0.2, 0.25) is 5.02 Å². The van der Waals surface area contributed by atoms with Crippen LogP contribution in [0.4, 0.5) is 5.69 Å². The van der Waals surface area contributed by atoms with Gasteiger partial charge in [-0.1, -0.05) is 24.6 Å². The first-order valence-corrected chi connectivity index (χ1v) is 12.6. The van der Waals surface area contributed by atoms with Crippen molar-refractivity contribution >= 4 is 29.0 Å². The highest BCUT2D eigenvalue weighted by Crippen LogP contribution is 2.48. The van der Waals surface area contributed by atoms with E-state index in [0.717, 1.165) is 5.56 Å². The zero-order chi connectivity index (χ0) is 27.6. The number of rotatable bonds is 8. The summed E-state index contributed by atoms with van der Waals surface area (Å²) in [5.74, 6) is -0.682. The maximum Gasteiger partial charge on any atom is 0.336 e. The second kappa shape index (κ2) is 11.3. The third-order valence-corrected chi connectivity index (χ3v) is 7.21. The number of nitro benzene ring substituents is 1. The van der Waals surface area contributed by atoms with Gasteiger partial charge in [-0.3, -0.25) is 14.9 Å². The smallest absolute Gasteiger partial charge is 0.336 e. The monoisotopic (exact) mass is 540 g/mol. The molecule has 2 atom stereocenters. The largest absolute Gasteiger partial charge is 0.493 e. The van der Waals surface area contributed by atoms with Gasteiger partial charge >= 0.3 is 5.97 Å². The third-order valence-electron chi connectivity index (χ3n) is 6.87. The van der Waals surface area contributed by atoms with Gasteiger partial charge in [0.2, 0.25) is 0 Å². The molecule has 1 N–H and O–H groups in total. The minimum atomic E-state index is -0.901. The Kier molecular flexibility index (Phi) is 8.06. The SMILES string of the molecule is CCCOC(=O)C1=C(C)NC2=C(C(=O)C[C@@H](c3ccc(OC)c(OC)c3)C2)[C@H]1c1cc([N+](=O)[O-])ccc1Cl. The van der Waals surface area contributed by atoms with Crippen molar-refractivity contribution in [3.05, 3.63) is 85.2 Å². The van der Waals surface area contributed by atoms with E-state index in [1.807, 2.05) is 19.1 Å². The van der Waals surface area contributed by atoms with E-state index in [4.69, 9.17) is 25.8 Å². The number of halogens is 1. The Bertz CT molecular complexity index is 1360. The Morgan fingerprint density at radius 1 is 1.13 bits per heavy atom. The number of allylic oxidation sites excluding steroid dienone is 3. The summed E-state index contributed by atoms with van der Waals surface area (Å²) in [6.45, 7) is 3.81. The fourth-order valence-electron chi connectivity index (χ4n) is 5.10. The predicted octanol–water partition coefficient (Wildman–Crippen LogP) is 5.58. The fourth-order valence-corrected chi connectivity index (χ4v) is 5.33.